The summed E-state index contributed by atoms with van der Waals surface area (Å²) in [6, 6.07) is 7.53. The van der Waals surface area contributed by atoms with Crippen LogP contribution in [0.1, 0.15) is 26.3 Å². The van der Waals surface area contributed by atoms with E-state index in [2.05, 4.69) is 5.32 Å². The molecule has 0 saturated heterocycles. The van der Waals surface area contributed by atoms with Gasteiger partial charge in [0.1, 0.15) is 0 Å². The van der Waals surface area contributed by atoms with Gasteiger partial charge >= 0.3 is 0 Å². The molecular weight excluding hydrogens is 262 g/mol. The lowest BCUT2D eigenvalue weighted by molar-refractivity contribution is -0.125. The summed E-state index contributed by atoms with van der Waals surface area (Å²) in [6.45, 7) is 6.26. The molecule has 1 unspecified atom stereocenters. The van der Waals surface area contributed by atoms with Gasteiger partial charge in [-0.2, -0.15) is 0 Å². The highest BCUT2D eigenvalue weighted by atomic mass is 35.5. The van der Waals surface area contributed by atoms with E-state index in [1.54, 1.807) is 0 Å². The molecule has 1 aromatic rings. The van der Waals surface area contributed by atoms with E-state index < -0.39 is 0 Å². The number of carbonyl (C=O) groups excluding carboxylic acids is 1. The lowest BCUT2D eigenvalue weighted by Crippen LogP contribution is -2.39. The molecule has 0 aliphatic heterocycles. The van der Waals surface area contributed by atoms with Crippen LogP contribution in [-0.2, 0) is 11.2 Å². The Bertz CT molecular complexity index is 415. The van der Waals surface area contributed by atoms with Gasteiger partial charge in [0.15, 0.2) is 0 Å². The van der Waals surface area contributed by atoms with Crippen molar-refractivity contribution in [2.24, 2.45) is 11.3 Å². The van der Waals surface area contributed by atoms with Crippen LogP contribution in [0.3, 0.4) is 0 Å². The number of rotatable bonds is 6. The summed E-state index contributed by atoms with van der Waals surface area (Å²) in [7, 11) is 0. The topological polar surface area (TPSA) is 49.3 Å². The van der Waals surface area contributed by atoms with E-state index in [0.717, 1.165) is 5.56 Å². The third-order valence-corrected chi connectivity index (χ3v) is 3.32. The van der Waals surface area contributed by atoms with E-state index in [1.165, 1.54) is 0 Å². The zero-order valence-corrected chi connectivity index (χ0v) is 12.5. The first kappa shape index (κ1) is 16.0. The third kappa shape index (κ3) is 5.62. The lowest BCUT2D eigenvalue weighted by Gasteiger charge is -2.23. The highest BCUT2D eigenvalue weighted by Crippen LogP contribution is 2.15. The summed E-state index contributed by atoms with van der Waals surface area (Å²) in [6.07, 6.45) is 0.683. The zero-order chi connectivity index (χ0) is 14.5. The average molecular weight is 284 g/mol. The smallest absolute Gasteiger partial charge is 0.223 e. The molecule has 106 valence electrons. The number of nitrogens with one attached hydrogen (secondary N) is 1. The van der Waals surface area contributed by atoms with Crippen molar-refractivity contribution in [3.05, 3.63) is 34.9 Å². The van der Waals surface area contributed by atoms with Crippen molar-refractivity contribution in [1.29, 1.82) is 0 Å². The molecule has 0 bridgehead atoms. The highest BCUT2D eigenvalue weighted by Gasteiger charge is 2.20. The molecule has 0 aliphatic rings. The highest BCUT2D eigenvalue weighted by molar-refractivity contribution is 6.30. The first-order valence-corrected chi connectivity index (χ1v) is 6.85. The van der Waals surface area contributed by atoms with Gasteiger partial charge in [0.25, 0.3) is 0 Å². The number of aliphatic hydroxyl groups excluding tert-OH is 1. The van der Waals surface area contributed by atoms with Crippen LogP contribution in [0, 0.1) is 11.3 Å². The fourth-order valence-corrected chi connectivity index (χ4v) is 1.75. The fourth-order valence-electron chi connectivity index (χ4n) is 1.62. The number of aliphatic hydroxyl groups is 1. The summed E-state index contributed by atoms with van der Waals surface area (Å²) in [5, 5.41) is 12.7. The summed E-state index contributed by atoms with van der Waals surface area (Å²) >= 11 is 5.82. The molecule has 1 atom stereocenters. The minimum absolute atomic E-state index is 0.0106. The molecule has 0 radical (unpaired) electrons. The van der Waals surface area contributed by atoms with Gasteiger partial charge in [-0.05, 0) is 24.1 Å². The number of amides is 1. The van der Waals surface area contributed by atoms with E-state index in [4.69, 9.17) is 16.7 Å². The van der Waals surface area contributed by atoms with Gasteiger partial charge in [0.2, 0.25) is 5.91 Å². The second kappa shape index (κ2) is 6.92. The normalized spacial score (nSPS) is 13.1. The van der Waals surface area contributed by atoms with E-state index in [9.17, 15) is 4.79 Å². The third-order valence-electron chi connectivity index (χ3n) is 3.07. The van der Waals surface area contributed by atoms with E-state index in [-0.39, 0.29) is 23.8 Å². The quantitative estimate of drug-likeness (QED) is 0.843. The van der Waals surface area contributed by atoms with Crippen LogP contribution >= 0.6 is 11.6 Å². The molecule has 0 fully saturated rings. The maximum absolute atomic E-state index is 12.0. The Morgan fingerprint density at radius 1 is 1.37 bits per heavy atom. The monoisotopic (exact) mass is 283 g/mol. The van der Waals surface area contributed by atoms with Crippen molar-refractivity contribution in [2.45, 2.75) is 27.2 Å². The van der Waals surface area contributed by atoms with Crippen LogP contribution in [0.25, 0.3) is 0 Å². The summed E-state index contributed by atoms with van der Waals surface area (Å²) in [4.78, 5) is 12.0. The SMILES string of the molecule is CC(Cc1ccc(Cl)cc1)C(=O)NCC(C)(C)CO. The predicted molar refractivity (Wildman–Crippen MR) is 78.2 cm³/mol. The number of hydrogen-bond donors (Lipinski definition) is 2. The standard InChI is InChI=1S/C15H22ClNO2/c1-11(8-12-4-6-13(16)7-5-12)14(19)17-9-15(2,3)10-18/h4-7,11,18H,8-10H2,1-3H3,(H,17,19). The van der Waals surface area contributed by atoms with Crippen molar-refractivity contribution in [1.82, 2.24) is 5.32 Å². The number of halogens is 1. The average Bonchev–Trinajstić information content (AvgIpc) is 2.38. The maximum Gasteiger partial charge on any atom is 0.223 e. The molecule has 0 aromatic heterocycles. The van der Waals surface area contributed by atoms with Gasteiger partial charge in [0, 0.05) is 29.5 Å². The van der Waals surface area contributed by atoms with Crippen LogP contribution in [0.2, 0.25) is 5.02 Å². The summed E-state index contributed by atoms with van der Waals surface area (Å²) in [5.41, 5.74) is 0.809. The first-order valence-electron chi connectivity index (χ1n) is 6.47. The second-order valence-corrected chi connectivity index (χ2v) is 6.21. The molecule has 4 heteroatoms. The Morgan fingerprint density at radius 2 is 1.95 bits per heavy atom. The van der Waals surface area contributed by atoms with Gasteiger partial charge in [-0.1, -0.05) is 44.5 Å². The van der Waals surface area contributed by atoms with Crippen LogP contribution in [0.4, 0.5) is 0 Å². The molecule has 0 spiro atoms. The van der Waals surface area contributed by atoms with Gasteiger partial charge < -0.3 is 10.4 Å². The predicted octanol–water partition coefficient (Wildman–Crippen LogP) is 2.65. The molecular formula is C15H22ClNO2. The van der Waals surface area contributed by atoms with Crippen molar-refractivity contribution in [3.63, 3.8) is 0 Å². The first-order chi connectivity index (χ1) is 8.84. The van der Waals surface area contributed by atoms with Crippen LogP contribution in [0.15, 0.2) is 24.3 Å². The molecule has 3 nitrogen and oxygen atoms in total. The Morgan fingerprint density at radius 3 is 2.47 bits per heavy atom. The minimum Gasteiger partial charge on any atom is -0.396 e. The number of carbonyl (C=O) groups is 1. The number of hydrogen-bond acceptors (Lipinski definition) is 2. The molecule has 1 aromatic carbocycles. The Balaban J connectivity index is 2.47. The lowest BCUT2D eigenvalue weighted by atomic mass is 9.94. The van der Waals surface area contributed by atoms with E-state index in [1.807, 2.05) is 45.0 Å². The molecule has 1 rings (SSSR count). The molecule has 0 saturated carbocycles. The van der Waals surface area contributed by atoms with Gasteiger partial charge in [0.05, 0.1) is 0 Å². The molecule has 19 heavy (non-hydrogen) atoms. The molecule has 0 heterocycles. The van der Waals surface area contributed by atoms with Crippen LogP contribution < -0.4 is 5.32 Å². The van der Waals surface area contributed by atoms with Crippen molar-refractivity contribution in [3.8, 4) is 0 Å². The Labute approximate surface area is 120 Å². The van der Waals surface area contributed by atoms with Crippen molar-refractivity contribution < 1.29 is 9.90 Å². The van der Waals surface area contributed by atoms with Crippen LogP contribution in [0.5, 0.6) is 0 Å². The van der Waals surface area contributed by atoms with Gasteiger partial charge in [-0.25, -0.2) is 0 Å². The Hall–Kier alpha value is -1.06. The molecule has 1 amide bonds. The fraction of sp³-hybridized carbons (Fsp3) is 0.533. The number of benzene rings is 1. The molecule has 0 aliphatic carbocycles. The molecule has 2 N–H and O–H groups in total. The summed E-state index contributed by atoms with van der Waals surface area (Å²) in [5.74, 6) is -0.0906. The largest absolute Gasteiger partial charge is 0.396 e. The second-order valence-electron chi connectivity index (χ2n) is 5.77. The van der Waals surface area contributed by atoms with Gasteiger partial charge in [-0.15, -0.1) is 0 Å². The minimum atomic E-state index is -0.282. The van der Waals surface area contributed by atoms with Crippen LogP contribution in [-0.4, -0.2) is 24.2 Å². The van der Waals surface area contributed by atoms with Gasteiger partial charge in [-0.3, -0.25) is 4.79 Å². The Kier molecular flexibility index (Phi) is 5.83. The summed E-state index contributed by atoms with van der Waals surface area (Å²) < 4.78 is 0. The van der Waals surface area contributed by atoms with E-state index >= 15 is 0 Å². The van der Waals surface area contributed by atoms with Crippen molar-refractivity contribution >= 4 is 17.5 Å². The zero-order valence-electron chi connectivity index (χ0n) is 11.7. The van der Waals surface area contributed by atoms with Crippen molar-refractivity contribution in [2.75, 3.05) is 13.2 Å². The van der Waals surface area contributed by atoms with E-state index in [0.29, 0.717) is 18.0 Å². The maximum atomic E-state index is 12.0.